The average molecular weight is 624 g/mol. The van der Waals surface area contributed by atoms with Crippen molar-refractivity contribution in [1.29, 1.82) is 0 Å². The van der Waals surface area contributed by atoms with Gasteiger partial charge in [0, 0.05) is 56.1 Å². The van der Waals surface area contributed by atoms with Gasteiger partial charge >= 0.3 is 6.09 Å². The number of carbonyl (C=O) groups is 4. The van der Waals surface area contributed by atoms with Crippen LogP contribution in [0.3, 0.4) is 0 Å². The Morgan fingerprint density at radius 2 is 1.73 bits per heavy atom. The number of aliphatic hydroxyl groups excluding tert-OH is 1. The highest BCUT2D eigenvalue weighted by molar-refractivity contribution is 6.08. The lowest BCUT2D eigenvalue weighted by molar-refractivity contribution is -0.139. The van der Waals surface area contributed by atoms with E-state index in [4.69, 9.17) is 14.2 Å². The van der Waals surface area contributed by atoms with Crippen LogP contribution in [-0.2, 0) is 19.1 Å². The molecule has 2 unspecified atom stereocenters. The van der Waals surface area contributed by atoms with Gasteiger partial charge in [0.2, 0.25) is 11.8 Å². The fourth-order valence-electron chi connectivity index (χ4n) is 5.63. The van der Waals surface area contributed by atoms with Crippen molar-refractivity contribution in [3.05, 3.63) is 53.6 Å². The quantitative estimate of drug-likeness (QED) is 0.266. The Morgan fingerprint density at radius 3 is 2.42 bits per heavy atom. The molecule has 0 aromatic heterocycles. The molecule has 242 valence electrons. The molecule has 3 heterocycles. The van der Waals surface area contributed by atoms with Crippen LogP contribution in [0.25, 0.3) is 0 Å². The van der Waals surface area contributed by atoms with Crippen molar-refractivity contribution in [2.75, 3.05) is 62.8 Å². The number of hydrogen-bond donors (Lipinski definition) is 3. The van der Waals surface area contributed by atoms with Crippen molar-refractivity contribution in [3.63, 3.8) is 0 Å². The van der Waals surface area contributed by atoms with Crippen molar-refractivity contribution >= 4 is 35.2 Å². The Bertz CT molecular complexity index is 1400. The van der Waals surface area contributed by atoms with Crippen molar-refractivity contribution < 1.29 is 38.5 Å². The summed E-state index contributed by atoms with van der Waals surface area (Å²) in [5, 5.41) is 16.3. The van der Waals surface area contributed by atoms with Gasteiger partial charge in [-0.15, -0.1) is 0 Å². The minimum Gasteiger partial charge on any atom is -0.491 e. The zero-order valence-electron chi connectivity index (χ0n) is 25.9. The molecule has 2 aromatic rings. The number of ether oxygens (including phenoxy) is 3. The zero-order chi connectivity index (χ0) is 32.1. The van der Waals surface area contributed by atoms with E-state index >= 15 is 0 Å². The number of nitrogens with one attached hydrogen (secondary N) is 2. The van der Waals surface area contributed by atoms with Crippen LogP contribution in [0.5, 0.6) is 5.75 Å². The van der Waals surface area contributed by atoms with E-state index < -0.39 is 29.7 Å². The summed E-state index contributed by atoms with van der Waals surface area (Å²) in [4.78, 5) is 54.5. The third-order valence-corrected chi connectivity index (χ3v) is 7.82. The lowest BCUT2D eigenvalue weighted by atomic mass is 10.0. The van der Waals surface area contributed by atoms with E-state index in [1.165, 1.54) is 0 Å². The molecule has 2 aromatic carbocycles. The highest BCUT2D eigenvalue weighted by Gasteiger charge is 2.45. The van der Waals surface area contributed by atoms with Crippen molar-refractivity contribution in [2.24, 2.45) is 0 Å². The van der Waals surface area contributed by atoms with E-state index in [0.29, 0.717) is 56.3 Å². The molecule has 13 heteroatoms. The summed E-state index contributed by atoms with van der Waals surface area (Å²) in [7, 11) is 0. The van der Waals surface area contributed by atoms with Crippen molar-refractivity contribution in [2.45, 2.75) is 51.5 Å². The van der Waals surface area contributed by atoms with Crippen LogP contribution < -0.4 is 20.3 Å². The Balaban J connectivity index is 1.01. The third kappa shape index (κ3) is 7.66. The van der Waals surface area contributed by atoms with Crippen molar-refractivity contribution in [1.82, 2.24) is 15.1 Å². The predicted molar refractivity (Wildman–Crippen MR) is 165 cm³/mol. The molecule has 0 spiro atoms. The largest absolute Gasteiger partial charge is 0.491 e. The van der Waals surface area contributed by atoms with Gasteiger partial charge in [-0.1, -0.05) is 12.1 Å². The third-order valence-electron chi connectivity index (χ3n) is 7.82. The lowest BCUT2D eigenvalue weighted by Gasteiger charge is -2.36. The fourth-order valence-corrected chi connectivity index (χ4v) is 5.63. The summed E-state index contributed by atoms with van der Waals surface area (Å²) in [6.45, 7) is 9.74. The molecule has 2 atom stereocenters. The van der Waals surface area contributed by atoms with Gasteiger partial charge in [-0.25, -0.2) is 4.79 Å². The standard InChI is InChI=1S/C32H41N5O8/c1-32(2,3)45-31(42)36-16-14-35(15-17-36)21-7-9-22(10-8-21)44-20-19-43-18-13-33-24-6-4-5-23-27(24)30(41)37(29(23)40)25-11-12-26(38)34-28(25)39/h4-10,25,29,33,40H,11-20H2,1-3H3,(H,34,38,39). The van der Waals surface area contributed by atoms with Gasteiger partial charge < -0.3 is 34.4 Å². The SMILES string of the molecule is CC(C)(C)OC(=O)N1CCN(c2ccc(OCCOCCNc3cccc4c3C(=O)N(C3CCC(=O)NC3=O)C4O)cc2)CC1. The second-order valence-electron chi connectivity index (χ2n) is 12.2. The maximum absolute atomic E-state index is 13.2. The van der Waals surface area contributed by atoms with Crippen LogP contribution in [0, 0.1) is 0 Å². The number of imide groups is 1. The fraction of sp³-hybridized carbons (Fsp3) is 0.500. The molecule has 0 aliphatic carbocycles. The lowest BCUT2D eigenvalue weighted by Crippen LogP contribution is -2.53. The molecule has 45 heavy (non-hydrogen) atoms. The Morgan fingerprint density at radius 1 is 1.00 bits per heavy atom. The summed E-state index contributed by atoms with van der Waals surface area (Å²) in [5.74, 6) is -0.698. The average Bonchev–Trinajstić information content (AvgIpc) is 3.26. The van der Waals surface area contributed by atoms with Gasteiger partial charge in [-0.05, 0) is 57.5 Å². The maximum Gasteiger partial charge on any atom is 0.410 e. The normalized spacial score (nSPS) is 20.2. The molecule has 4 amide bonds. The molecule has 5 rings (SSSR count). The number of fused-ring (bicyclic) bond motifs is 1. The summed E-state index contributed by atoms with van der Waals surface area (Å²) in [6.07, 6.45) is -1.27. The first-order chi connectivity index (χ1) is 21.5. The highest BCUT2D eigenvalue weighted by atomic mass is 16.6. The minimum atomic E-state index is -1.27. The Kier molecular flexibility index (Phi) is 9.78. The van der Waals surface area contributed by atoms with E-state index in [0.717, 1.165) is 29.4 Å². The monoisotopic (exact) mass is 623 g/mol. The van der Waals surface area contributed by atoms with Crippen molar-refractivity contribution in [3.8, 4) is 5.75 Å². The number of amides is 4. The summed E-state index contributed by atoms with van der Waals surface area (Å²) < 4.78 is 17.0. The number of carbonyl (C=O) groups excluding carboxylic acids is 4. The number of nitrogens with zero attached hydrogens (tertiary/aromatic N) is 3. The molecule has 13 nitrogen and oxygen atoms in total. The van der Waals surface area contributed by atoms with Gasteiger partial charge in [0.05, 0.1) is 18.8 Å². The Labute approximate surface area is 262 Å². The number of benzene rings is 2. The first-order valence-electron chi connectivity index (χ1n) is 15.3. The van der Waals surface area contributed by atoms with Crippen LogP contribution in [0.4, 0.5) is 16.2 Å². The second-order valence-corrected chi connectivity index (χ2v) is 12.2. The predicted octanol–water partition coefficient (Wildman–Crippen LogP) is 2.50. The molecule has 0 radical (unpaired) electrons. The smallest absolute Gasteiger partial charge is 0.410 e. The van der Waals surface area contributed by atoms with E-state index in [2.05, 4.69) is 15.5 Å². The molecule has 0 bridgehead atoms. The molecule has 2 fully saturated rings. The van der Waals surface area contributed by atoms with Gasteiger partial charge in [0.1, 0.15) is 24.0 Å². The van der Waals surface area contributed by atoms with E-state index in [1.807, 2.05) is 45.0 Å². The highest BCUT2D eigenvalue weighted by Crippen LogP contribution is 2.38. The summed E-state index contributed by atoms with van der Waals surface area (Å²) in [5.41, 5.74) is 1.82. The number of piperidine rings is 1. The minimum absolute atomic E-state index is 0.108. The maximum atomic E-state index is 13.2. The van der Waals surface area contributed by atoms with Crippen LogP contribution in [-0.4, -0.2) is 103 Å². The first-order valence-corrected chi connectivity index (χ1v) is 15.3. The molecule has 0 saturated carbocycles. The van der Waals surface area contributed by atoms with Crippen LogP contribution in [0.2, 0.25) is 0 Å². The number of piperazine rings is 1. The van der Waals surface area contributed by atoms with Gasteiger partial charge in [0.15, 0.2) is 6.23 Å². The zero-order valence-corrected chi connectivity index (χ0v) is 25.9. The summed E-state index contributed by atoms with van der Waals surface area (Å²) >= 11 is 0. The van der Waals surface area contributed by atoms with Gasteiger partial charge in [-0.2, -0.15) is 0 Å². The van der Waals surface area contributed by atoms with Gasteiger partial charge in [-0.3, -0.25) is 24.6 Å². The van der Waals surface area contributed by atoms with E-state index in [1.54, 1.807) is 23.1 Å². The van der Waals surface area contributed by atoms with Crippen LogP contribution in [0.1, 0.15) is 55.8 Å². The number of rotatable bonds is 10. The van der Waals surface area contributed by atoms with E-state index in [-0.39, 0.29) is 24.8 Å². The molecule has 3 N–H and O–H groups in total. The first kappa shape index (κ1) is 32.0. The number of aliphatic hydroxyl groups is 1. The van der Waals surface area contributed by atoms with Crippen LogP contribution in [0.15, 0.2) is 42.5 Å². The van der Waals surface area contributed by atoms with E-state index in [9.17, 15) is 24.3 Å². The number of anilines is 2. The molecule has 2 saturated heterocycles. The molecular weight excluding hydrogens is 582 g/mol. The van der Waals surface area contributed by atoms with Gasteiger partial charge in [0.25, 0.3) is 5.91 Å². The summed E-state index contributed by atoms with van der Waals surface area (Å²) in [6, 6.07) is 12.0. The molecular formula is C32H41N5O8. The topological polar surface area (TPSA) is 150 Å². The Hall–Kier alpha value is -4.36. The van der Waals surface area contributed by atoms with Crippen LogP contribution >= 0.6 is 0 Å². The second kappa shape index (κ2) is 13.7. The molecule has 3 aliphatic rings. The number of hydrogen-bond acceptors (Lipinski definition) is 10. The molecule has 3 aliphatic heterocycles.